The predicted molar refractivity (Wildman–Crippen MR) is 130 cm³/mol. The molecule has 3 amide bonds. The van der Waals surface area contributed by atoms with Gasteiger partial charge in [0, 0.05) is 61.7 Å². The summed E-state index contributed by atoms with van der Waals surface area (Å²) < 4.78 is 0. The highest BCUT2D eigenvalue weighted by Gasteiger charge is 2.32. The standard InChI is InChI=1S/C26H24N4O5/c31-23(28-16-14-27(15-17-28)21-10-1-2-11-22(21)30(34)35)12-5-13-29-25(32)19-8-3-6-18-7-4-9-20(24(18)19)26(29)33/h1-4,6-11H,5,12-17H2. The summed E-state index contributed by atoms with van der Waals surface area (Å²) in [5.41, 5.74) is 1.63. The maximum Gasteiger partial charge on any atom is 0.292 e. The Kier molecular flexibility index (Phi) is 5.90. The first-order valence-electron chi connectivity index (χ1n) is 11.6. The van der Waals surface area contributed by atoms with Crippen LogP contribution in [0.25, 0.3) is 10.8 Å². The first-order valence-corrected chi connectivity index (χ1v) is 11.6. The van der Waals surface area contributed by atoms with Crippen molar-refractivity contribution < 1.29 is 19.3 Å². The van der Waals surface area contributed by atoms with Crippen molar-refractivity contribution in [3.63, 3.8) is 0 Å². The second kappa shape index (κ2) is 9.17. The summed E-state index contributed by atoms with van der Waals surface area (Å²) in [6.45, 7) is 2.09. The van der Waals surface area contributed by atoms with E-state index in [0.717, 1.165) is 5.39 Å². The van der Waals surface area contributed by atoms with Gasteiger partial charge in [-0.15, -0.1) is 0 Å². The summed E-state index contributed by atoms with van der Waals surface area (Å²) >= 11 is 0. The van der Waals surface area contributed by atoms with Crippen LogP contribution in [0.2, 0.25) is 0 Å². The van der Waals surface area contributed by atoms with Gasteiger partial charge in [0.1, 0.15) is 5.69 Å². The van der Waals surface area contributed by atoms with Crippen molar-refractivity contribution in [2.75, 3.05) is 37.6 Å². The lowest BCUT2D eigenvalue weighted by atomic mass is 9.94. The maximum atomic E-state index is 13.0. The molecule has 35 heavy (non-hydrogen) atoms. The van der Waals surface area contributed by atoms with E-state index in [1.807, 2.05) is 17.0 Å². The van der Waals surface area contributed by atoms with Gasteiger partial charge in [0.25, 0.3) is 17.5 Å². The molecule has 0 unspecified atom stereocenters. The van der Waals surface area contributed by atoms with E-state index in [4.69, 9.17) is 0 Å². The fourth-order valence-corrected chi connectivity index (χ4v) is 4.91. The molecule has 9 nitrogen and oxygen atoms in total. The average Bonchev–Trinajstić information content (AvgIpc) is 2.89. The Balaban J connectivity index is 1.18. The number of nitrogens with zero attached hydrogens (tertiary/aromatic N) is 4. The highest BCUT2D eigenvalue weighted by molar-refractivity contribution is 6.25. The van der Waals surface area contributed by atoms with Gasteiger partial charge in [-0.2, -0.15) is 0 Å². The Hall–Kier alpha value is -4.27. The van der Waals surface area contributed by atoms with Gasteiger partial charge in [0.05, 0.1) is 4.92 Å². The quantitative estimate of drug-likeness (QED) is 0.309. The second-order valence-electron chi connectivity index (χ2n) is 8.69. The van der Waals surface area contributed by atoms with Crippen LogP contribution < -0.4 is 4.90 Å². The van der Waals surface area contributed by atoms with Crippen LogP contribution in [0.4, 0.5) is 11.4 Å². The van der Waals surface area contributed by atoms with Gasteiger partial charge in [-0.05, 0) is 30.0 Å². The number of hydrogen-bond acceptors (Lipinski definition) is 6. The fourth-order valence-electron chi connectivity index (χ4n) is 4.91. The fraction of sp³-hybridized carbons (Fsp3) is 0.269. The molecule has 0 aromatic heterocycles. The van der Waals surface area contributed by atoms with Crippen molar-refractivity contribution in [3.8, 4) is 0 Å². The number of carbonyl (C=O) groups is 3. The normalized spacial score (nSPS) is 15.6. The summed E-state index contributed by atoms with van der Waals surface area (Å²) in [6, 6.07) is 17.4. The largest absolute Gasteiger partial charge is 0.362 e. The minimum Gasteiger partial charge on any atom is -0.362 e. The Morgan fingerprint density at radius 3 is 2.11 bits per heavy atom. The molecule has 2 aliphatic heterocycles. The first-order chi connectivity index (χ1) is 17.0. The third kappa shape index (κ3) is 4.09. The van der Waals surface area contributed by atoms with Crippen LogP contribution in [0.1, 0.15) is 33.6 Å². The van der Waals surface area contributed by atoms with Crippen LogP contribution in [-0.2, 0) is 4.79 Å². The third-order valence-electron chi connectivity index (χ3n) is 6.68. The van der Waals surface area contributed by atoms with E-state index in [0.29, 0.717) is 54.8 Å². The SMILES string of the molecule is O=C(CCCN1C(=O)c2cccc3cccc(c23)C1=O)N1CCN(c2ccccc2[N+](=O)[O-])CC1. The highest BCUT2D eigenvalue weighted by Crippen LogP contribution is 2.30. The Labute approximate surface area is 201 Å². The summed E-state index contributed by atoms with van der Waals surface area (Å²) in [7, 11) is 0. The number of rotatable bonds is 6. The van der Waals surface area contributed by atoms with Crippen molar-refractivity contribution in [1.29, 1.82) is 0 Å². The third-order valence-corrected chi connectivity index (χ3v) is 6.68. The zero-order valence-electron chi connectivity index (χ0n) is 19.1. The molecule has 3 aromatic carbocycles. The molecule has 2 aliphatic rings. The zero-order chi connectivity index (χ0) is 24.5. The monoisotopic (exact) mass is 472 g/mol. The Morgan fingerprint density at radius 2 is 1.49 bits per heavy atom. The van der Waals surface area contributed by atoms with E-state index in [1.54, 1.807) is 47.4 Å². The maximum absolute atomic E-state index is 13.0. The van der Waals surface area contributed by atoms with Gasteiger partial charge in [-0.1, -0.05) is 36.4 Å². The van der Waals surface area contributed by atoms with Gasteiger partial charge >= 0.3 is 0 Å². The molecule has 1 fully saturated rings. The molecule has 0 spiro atoms. The first kappa shape index (κ1) is 22.5. The van der Waals surface area contributed by atoms with Crippen LogP contribution >= 0.6 is 0 Å². The molecular weight excluding hydrogens is 448 g/mol. The van der Waals surface area contributed by atoms with Crippen molar-refractivity contribution in [2.24, 2.45) is 0 Å². The van der Waals surface area contributed by atoms with Crippen molar-refractivity contribution in [2.45, 2.75) is 12.8 Å². The topological polar surface area (TPSA) is 104 Å². The predicted octanol–water partition coefficient (Wildman–Crippen LogP) is 3.47. The molecule has 2 heterocycles. The molecule has 0 saturated carbocycles. The van der Waals surface area contributed by atoms with Crippen LogP contribution in [0.5, 0.6) is 0 Å². The van der Waals surface area contributed by atoms with Gasteiger partial charge in [0.15, 0.2) is 0 Å². The molecule has 0 aliphatic carbocycles. The number of nitro groups is 1. The van der Waals surface area contributed by atoms with E-state index < -0.39 is 4.92 Å². The minimum atomic E-state index is -0.394. The number of piperazine rings is 1. The molecule has 0 N–H and O–H groups in total. The van der Waals surface area contributed by atoms with Crippen LogP contribution in [-0.4, -0.2) is 65.2 Å². The van der Waals surface area contributed by atoms with Gasteiger partial charge < -0.3 is 9.80 Å². The van der Waals surface area contributed by atoms with E-state index in [2.05, 4.69) is 0 Å². The van der Waals surface area contributed by atoms with E-state index in [-0.39, 0.29) is 36.4 Å². The molecule has 0 radical (unpaired) electrons. The van der Waals surface area contributed by atoms with Crippen LogP contribution in [0, 0.1) is 10.1 Å². The van der Waals surface area contributed by atoms with Gasteiger partial charge in [-0.3, -0.25) is 29.4 Å². The number of benzene rings is 3. The van der Waals surface area contributed by atoms with Crippen molar-refractivity contribution in [1.82, 2.24) is 9.80 Å². The van der Waals surface area contributed by atoms with Crippen molar-refractivity contribution >= 4 is 39.9 Å². The summed E-state index contributed by atoms with van der Waals surface area (Å²) in [5.74, 6) is -0.707. The second-order valence-corrected chi connectivity index (χ2v) is 8.69. The lowest BCUT2D eigenvalue weighted by Gasteiger charge is -2.36. The molecule has 3 aromatic rings. The highest BCUT2D eigenvalue weighted by atomic mass is 16.6. The van der Waals surface area contributed by atoms with Crippen LogP contribution in [0.15, 0.2) is 60.7 Å². The van der Waals surface area contributed by atoms with Gasteiger partial charge in [0.2, 0.25) is 5.91 Å². The Morgan fingerprint density at radius 1 is 0.857 bits per heavy atom. The number of nitro benzene ring substituents is 1. The Bertz CT molecular complexity index is 1300. The molecule has 5 rings (SSSR count). The van der Waals surface area contributed by atoms with Gasteiger partial charge in [-0.25, -0.2) is 0 Å². The summed E-state index contributed by atoms with van der Waals surface area (Å²) in [6.07, 6.45) is 0.590. The van der Waals surface area contributed by atoms with Crippen LogP contribution in [0.3, 0.4) is 0 Å². The molecule has 0 atom stereocenters. The number of anilines is 1. The number of hydrogen-bond donors (Lipinski definition) is 0. The smallest absolute Gasteiger partial charge is 0.292 e. The average molecular weight is 473 g/mol. The van der Waals surface area contributed by atoms with E-state index in [9.17, 15) is 24.5 Å². The lowest BCUT2D eigenvalue weighted by Crippen LogP contribution is -2.49. The molecule has 0 bridgehead atoms. The molecule has 9 heteroatoms. The number of amides is 3. The molecular formula is C26H24N4O5. The summed E-state index contributed by atoms with van der Waals surface area (Å²) in [5, 5.41) is 12.9. The molecule has 1 saturated heterocycles. The number of imide groups is 1. The summed E-state index contributed by atoms with van der Waals surface area (Å²) in [4.78, 5) is 54.6. The number of carbonyl (C=O) groups excluding carboxylic acids is 3. The van der Waals surface area contributed by atoms with E-state index >= 15 is 0 Å². The molecule has 178 valence electrons. The minimum absolute atomic E-state index is 0.0494. The number of para-hydroxylation sites is 2. The van der Waals surface area contributed by atoms with Crippen molar-refractivity contribution in [3.05, 3.63) is 81.9 Å². The zero-order valence-corrected chi connectivity index (χ0v) is 19.1. The lowest BCUT2D eigenvalue weighted by molar-refractivity contribution is -0.384. The van der Waals surface area contributed by atoms with E-state index in [1.165, 1.54) is 11.0 Å².